The zero-order valence-electron chi connectivity index (χ0n) is 17.1. The number of azide groups is 1. The van der Waals surface area contributed by atoms with Crippen molar-refractivity contribution in [3.8, 4) is 5.75 Å². The first kappa shape index (κ1) is 23.7. The van der Waals surface area contributed by atoms with Crippen LogP contribution in [0.5, 0.6) is 5.75 Å². The fourth-order valence-corrected chi connectivity index (χ4v) is 3.77. The molecule has 2 heterocycles. The summed E-state index contributed by atoms with van der Waals surface area (Å²) < 4.78 is 34.2. The molecule has 1 saturated heterocycles. The second kappa shape index (κ2) is 10.6. The van der Waals surface area contributed by atoms with Gasteiger partial charge in [0.2, 0.25) is 0 Å². The Morgan fingerprint density at radius 1 is 1.31 bits per heavy atom. The normalized spacial score (nSPS) is 22.1. The molecule has 0 bridgehead atoms. The SMILES string of the molecule is Cc1cn(C2CC(N=[N+]=[N-])C(COP(=O)(O)OCCOc3ccccc3)O2)c(=O)[nH]c1=O. The van der Waals surface area contributed by atoms with Gasteiger partial charge in [0.15, 0.2) is 0 Å². The van der Waals surface area contributed by atoms with Gasteiger partial charge in [-0.1, -0.05) is 23.3 Å². The van der Waals surface area contributed by atoms with Crippen molar-refractivity contribution in [2.45, 2.75) is 31.7 Å². The minimum atomic E-state index is -4.44. The van der Waals surface area contributed by atoms with Gasteiger partial charge in [-0.2, -0.15) is 0 Å². The van der Waals surface area contributed by atoms with Crippen LogP contribution in [0.2, 0.25) is 0 Å². The highest BCUT2D eigenvalue weighted by molar-refractivity contribution is 7.47. The Bertz CT molecular complexity index is 1130. The van der Waals surface area contributed by atoms with Gasteiger partial charge in [0.25, 0.3) is 5.56 Å². The monoisotopic (exact) mass is 467 g/mol. The third kappa shape index (κ3) is 6.30. The molecule has 1 fully saturated rings. The highest BCUT2D eigenvalue weighted by atomic mass is 31.2. The van der Waals surface area contributed by atoms with Gasteiger partial charge >= 0.3 is 13.5 Å². The number of rotatable bonds is 10. The molecule has 2 N–H and O–H groups in total. The summed E-state index contributed by atoms with van der Waals surface area (Å²) >= 11 is 0. The number of aromatic amines is 1. The number of nitrogens with zero attached hydrogens (tertiary/aromatic N) is 4. The molecule has 4 unspecified atom stereocenters. The van der Waals surface area contributed by atoms with E-state index in [1.54, 1.807) is 24.3 Å². The highest BCUT2D eigenvalue weighted by Gasteiger charge is 2.38. The van der Waals surface area contributed by atoms with Crippen LogP contribution < -0.4 is 16.0 Å². The highest BCUT2D eigenvalue weighted by Crippen LogP contribution is 2.44. The van der Waals surface area contributed by atoms with E-state index in [0.29, 0.717) is 11.3 Å². The van der Waals surface area contributed by atoms with Gasteiger partial charge in [-0.3, -0.25) is 23.4 Å². The van der Waals surface area contributed by atoms with E-state index in [1.165, 1.54) is 13.1 Å². The maximum atomic E-state index is 12.1. The Morgan fingerprint density at radius 3 is 2.78 bits per heavy atom. The maximum Gasteiger partial charge on any atom is 0.472 e. The van der Waals surface area contributed by atoms with E-state index in [1.807, 2.05) is 6.07 Å². The van der Waals surface area contributed by atoms with Crippen molar-refractivity contribution < 1.29 is 28.0 Å². The van der Waals surface area contributed by atoms with Gasteiger partial charge in [-0.05, 0) is 24.6 Å². The van der Waals surface area contributed by atoms with Crippen LogP contribution in [0.15, 0.2) is 51.2 Å². The number of hydrogen-bond acceptors (Lipinski definition) is 8. The van der Waals surface area contributed by atoms with Crippen molar-refractivity contribution in [2.75, 3.05) is 19.8 Å². The topological polar surface area (TPSA) is 178 Å². The summed E-state index contributed by atoms with van der Waals surface area (Å²) in [7, 11) is -4.44. The van der Waals surface area contributed by atoms with E-state index in [9.17, 15) is 19.0 Å². The van der Waals surface area contributed by atoms with Crippen molar-refractivity contribution >= 4 is 7.82 Å². The molecule has 3 rings (SSSR count). The zero-order chi connectivity index (χ0) is 23.1. The maximum absolute atomic E-state index is 12.1. The number of benzene rings is 1. The van der Waals surface area contributed by atoms with Crippen LogP contribution in [0.25, 0.3) is 10.4 Å². The molecule has 1 aliphatic rings. The van der Waals surface area contributed by atoms with Gasteiger partial charge in [0.05, 0.1) is 25.4 Å². The van der Waals surface area contributed by atoms with Gasteiger partial charge in [-0.15, -0.1) is 0 Å². The minimum Gasteiger partial charge on any atom is -0.491 e. The molecule has 13 nitrogen and oxygen atoms in total. The van der Waals surface area contributed by atoms with Gasteiger partial charge in [0, 0.05) is 23.1 Å². The predicted molar refractivity (Wildman–Crippen MR) is 111 cm³/mol. The molecule has 1 aromatic heterocycles. The van der Waals surface area contributed by atoms with Crippen LogP contribution >= 0.6 is 7.82 Å². The first-order valence-corrected chi connectivity index (χ1v) is 11.1. The molecule has 14 heteroatoms. The minimum absolute atomic E-state index is 0.0236. The molecule has 0 spiro atoms. The quantitative estimate of drug-likeness (QED) is 0.175. The third-order valence-electron chi connectivity index (χ3n) is 4.61. The van der Waals surface area contributed by atoms with E-state index < -0.39 is 44.1 Å². The van der Waals surface area contributed by atoms with E-state index in [-0.39, 0.29) is 19.6 Å². The molecule has 0 amide bonds. The first-order valence-electron chi connectivity index (χ1n) is 9.60. The second-order valence-electron chi connectivity index (χ2n) is 6.87. The van der Waals surface area contributed by atoms with Crippen LogP contribution in [0.3, 0.4) is 0 Å². The lowest BCUT2D eigenvalue weighted by molar-refractivity contribution is -0.0287. The van der Waals surface area contributed by atoms with Gasteiger partial charge in [0.1, 0.15) is 18.6 Å². The predicted octanol–water partition coefficient (Wildman–Crippen LogP) is 2.02. The Kier molecular flexibility index (Phi) is 7.86. The smallest absolute Gasteiger partial charge is 0.472 e. The fourth-order valence-electron chi connectivity index (χ4n) is 3.06. The van der Waals surface area contributed by atoms with Crippen molar-refractivity contribution in [1.82, 2.24) is 9.55 Å². The number of nitrogens with one attached hydrogen (secondary N) is 1. The van der Waals surface area contributed by atoms with Gasteiger partial charge in [-0.25, -0.2) is 9.36 Å². The largest absolute Gasteiger partial charge is 0.491 e. The number of phosphoric acid groups is 1. The van der Waals surface area contributed by atoms with Crippen molar-refractivity contribution in [1.29, 1.82) is 0 Å². The van der Waals surface area contributed by atoms with E-state index >= 15 is 0 Å². The number of ether oxygens (including phenoxy) is 2. The molecule has 1 aliphatic heterocycles. The Labute approximate surface area is 181 Å². The number of H-pyrrole nitrogens is 1. The standard InChI is InChI=1S/C18H22N5O8P/c1-12-10-23(18(25)20-17(12)24)16-9-14(21-22-19)15(31-16)11-30-32(26,27)29-8-7-28-13-5-3-2-4-6-13/h2-6,10,14-16H,7-9,11H2,1H3,(H,26,27)(H,20,24,25). The molecule has 0 radical (unpaired) electrons. The van der Waals surface area contributed by atoms with Crippen LogP contribution in [-0.4, -0.2) is 46.4 Å². The zero-order valence-corrected chi connectivity index (χ0v) is 18.0. The Balaban J connectivity index is 1.56. The molecular formula is C18H22N5O8P. The van der Waals surface area contributed by atoms with Crippen LogP contribution in [-0.2, 0) is 18.3 Å². The van der Waals surface area contributed by atoms with Gasteiger partial charge < -0.3 is 14.4 Å². The summed E-state index contributed by atoms with van der Waals surface area (Å²) in [6.45, 7) is 0.916. The molecular weight excluding hydrogens is 445 g/mol. The summed E-state index contributed by atoms with van der Waals surface area (Å²) in [4.78, 5) is 38.5. The lowest BCUT2D eigenvalue weighted by atomic mass is 10.1. The average molecular weight is 467 g/mol. The summed E-state index contributed by atoms with van der Waals surface area (Å²) in [6.07, 6.45) is -0.347. The average Bonchev–Trinajstić information content (AvgIpc) is 3.16. The lowest BCUT2D eigenvalue weighted by Gasteiger charge is -2.18. The molecule has 4 atom stereocenters. The Morgan fingerprint density at radius 2 is 2.06 bits per heavy atom. The second-order valence-corrected chi connectivity index (χ2v) is 8.33. The molecule has 172 valence electrons. The Hall–Kier alpha value is -2.92. The van der Waals surface area contributed by atoms with Crippen LogP contribution in [0.1, 0.15) is 18.2 Å². The van der Waals surface area contributed by atoms with E-state index in [0.717, 1.165) is 4.57 Å². The van der Waals surface area contributed by atoms with Crippen LogP contribution in [0.4, 0.5) is 0 Å². The third-order valence-corrected chi connectivity index (χ3v) is 5.60. The summed E-state index contributed by atoms with van der Waals surface area (Å²) in [5.74, 6) is 0.583. The molecule has 2 aromatic rings. The van der Waals surface area contributed by atoms with Crippen LogP contribution in [0, 0.1) is 6.92 Å². The molecule has 0 aliphatic carbocycles. The first-order chi connectivity index (χ1) is 15.3. The summed E-state index contributed by atoms with van der Waals surface area (Å²) in [5.41, 5.74) is 7.88. The lowest BCUT2D eigenvalue weighted by Crippen LogP contribution is -2.33. The van der Waals surface area contributed by atoms with Crippen molar-refractivity contribution in [3.05, 3.63) is 73.4 Å². The molecule has 32 heavy (non-hydrogen) atoms. The fraction of sp³-hybridized carbons (Fsp3) is 0.444. The number of para-hydroxylation sites is 1. The summed E-state index contributed by atoms with van der Waals surface area (Å²) in [6, 6.07) is 8.08. The molecule has 0 saturated carbocycles. The number of hydrogen-bond donors (Lipinski definition) is 2. The van der Waals surface area contributed by atoms with E-state index in [2.05, 4.69) is 15.0 Å². The van der Waals surface area contributed by atoms with Crippen molar-refractivity contribution in [3.63, 3.8) is 0 Å². The van der Waals surface area contributed by atoms with Crippen molar-refractivity contribution in [2.24, 2.45) is 5.11 Å². The summed E-state index contributed by atoms with van der Waals surface area (Å²) in [5, 5.41) is 3.62. The van der Waals surface area contributed by atoms with E-state index in [4.69, 9.17) is 24.1 Å². The number of aromatic nitrogens is 2. The number of aryl methyl sites for hydroxylation is 1. The number of phosphoric ester groups is 1. The molecule has 1 aromatic carbocycles.